The summed E-state index contributed by atoms with van der Waals surface area (Å²) >= 11 is 0. The number of benzene rings is 7. The Morgan fingerprint density at radius 3 is 1.94 bits per heavy atom. The molecule has 0 amide bonds. The molecule has 3 unspecified atom stereocenters. The molecule has 2 saturated carbocycles. The summed E-state index contributed by atoms with van der Waals surface area (Å²) in [7, 11) is 0. The van der Waals surface area contributed by atoms with E-state index < -0.39 is 0 Å². The molecule has 0 radical (unpaired) electrons. The lowest BCUT2D eigenvalue weighted by Crippen LogP contribution is -2.14. The number of rotatable bonds is 9. The normalized spacial score (nSPS) is 18.2. The SMILES string of the molecule is c1ccc(N(c2cc(N(c3ccccc3)c3ccc(CCC4CC5CCCC4C5)cc3)c3oc4ccccc4c3c2)c2cccc3ccccc23)cc1. The second kappa shape index (κ2) is 13.6. The van der Waals surface area contributed by atoms with Gasteiger partial charge in [-0.3, -0.25) is 0 Å². The van der Waals surface area contributed by atoms with Gasteiger partial charge in [0.15, 0.2) is 5.58 Å². The van der Waals surface area contributed by atoms with Gasteiger partial charge in [-0.2, -0.15) is 0 Å². The lowest BCUT2D eigenvalue weighted by Gasteiger charge is -2.30. The van der Waals surface area contributed by atoms with Crippen molar-refractivity contribution >= 4 is 66.8 Å². The third-order valence-corrected chi connectivity index (χ3v) is 12.1. The molecule has 53 heavy (non-hydrogen) atoms. The van der Waals surface area contributed by atoms with Crippen molar-refractivity contribution in [2.75, 3.05) is 9.80 Å². The Morgan fingerprint density at radius 1 is 0.509 bits per heavy atom. The summed E-state index contributed by atoms with van der Waals surface area (Å²) in [6.07, 6.45) is 9.75. The fourth-order valence-electron chi connectivity index (χ4n) is 9.61. The number of hydrogen-bond donors (Lipinski definition) is 0. The monoisotopic (exact) mass is 688 g/mol. The summed E-state index contributed by atoms with van der Waals surface area (Å²) in [5.41, 5.74) is 9.71. The topological polar surface area (TPSA) is 19.6 Å². The van der Waals surface area contributed by atoms with E-state index in [1.807, 2.05) is 0 Å². The maximum absolute atomic E-state index is 6.82. The van der Waals surface area contributed by atoms with Crippen LogP contribution in [-0.4, -0.2) is 0 Å². The Balaban J connectivity index is 1.14. The van der Waals surface area contributed by atoms with Crippen molar-refractivity contribution in [3.8, 4) is 0 Å². The molecule has 0 aliphatic heterocycles. The highest BCUT2D eigenvalue weighted by molar-refractivity contribution is 6.13. The molecule has 3 nitrogen and oxygen atoms in total. The first-order valence-corrected chi connectivity index (χ1v) is 19.5. The van der Waals surface area contributed by atoms with Gasteiger partial charge >= 0.3 is 0 Å². The zero-order valence-corrected chi connectivity index (χ0v) is 30.1. The second-order valence-corrected chi connectivity index (χ2v) is 15.3. The van der Waals surface area contributed by atoms with E-state index in [2.05, 4.69) is 174 Å². The lowest BCUT2D eigenvalue weighted by molar-refractivity contribution is 0.315. The Hall–Kier alpha value is -5.80. The van der Waals surface area contributed by atoms with Crippen LogP contribution in [0.2, 0.25) is 0 Å². The molecule has 3 atom stereocenters. The van der Waals surface area contributed by atoms with Gasteiger partial charge in [0.1, 0.15) is 5.58 Å². The number of hydrogen-bond acceptors (Lipinski definition) is 3. The highest BCUT2D eigenvalue weighted by Crippen LogP contribution is 2.49. The Morgan fingerprint density at radius 2 is 1.17 bits per heavy atom. The highest BCUT2D eigenvalue weighted by atomic mass is 16.3. The summed E-state index contributed by atoms with van der Waals surface area (Å²) in [4.78, 5) is 4.78. The van der Waals surface area contributed by atoms with E-state index in [1.54, 1.807) is 0 Å². The van der Waals surface area contributed by atoms with Crippen LogP contribution in [0.15, 0.2) is 168 Å². The van der Waals surface area contributed by atoms with Crippen molar-refractivity contribution in [3.05, 3.63) is 169 Å². The first kappa shape index (κ1) is 31.9. The standard InChI is InChI=1S/C50H44N2O/c1-3-17-40(18-4-1)51(42-29-26-35(27-30-42)25-28-39-32-36-13-11-16-38(39)31-36)48-34-43(33-46-45-22-9-10-24-49(45)53-50(46)48)52(41-19-5-2-6-20-41)47-23-12-15-37-14-7-8-21-44(37)47/h1-10,12,14-15,17-24,26-27,29-30,33-34,36,38-39H,11,13,16,25,28,31-32H2. The maximum Gasteiger partial charge on any atom is 0.159 e. The van der Waals surface area contributed by atoms with Crippen LogP contribution in [0.3, 0.4) is 0 Å². The molecule has 1 aromatic heterocycles. The molecule has 2 bridgehead atoms. The van der Waals surface area contributed by atoms with Crippen LogP contribution >= 0.6 is 0 Å². The number of anilines is 6. The fraction of sp³-hybridized carbons (Fsp3) is 0.200. The molecule has 3 heteroatoms. The molecule has 260 valence electrons. The Bertz CT molecular complexity index is 2510. The summed E-state index contributed by atoms with van der Waals surface area (Å²) in [6, 6.07) is 59.1. The molecule has 7 aromatic carbocycles. The van der Waals surface area contributed by atoms with Crippen LogP contribution in [0, 0.1) is 17.8 Å². The average Bonchev–Trinajstić information content (AvgIpc) is 3.73. The summed E-state index contributed by atoms with van der Waals surface area (Å²) < 4.78 is 6.82. The van der Waals surface area contributed by atoms with E-state index in [1.165, 1.54) is 54.9 Å². The molecule has 10 rings (SSSR count). The third-order valence-electron chi connectivity index (χ3n) is 12.1. The first-order chi connectivity index (χ1) is 26.3. The predicted molar refractivity (Wildman–Crippen MR) is 222 cm³/mol. The van der Waals surface area contributed by atoms with Gasteiger partial charge in [0, 0.05) is 38.9 Å². The summed E-state index contributed by atoms with van der Waals surface area (Å²) in [5, 5.41) is 4.61. The van der Waals surface area contributed by atoms with E-state index in [0.717, 1.165) is 80.2 Å². The van der Waals surface area contributed by atoms with Gasteiger partial charge < -0.3 is 14.2 Å². The van der Waals surface area contributed by atoms with Crippen molar-refractivity contribution in [2.45, 2.75) is 44.9 Å². The number of para-hydroxylation sites is 3. The van der Waals surface area contributed by atoms with Crippen molar-refractivity contribution < 1.29 is 4.42 Å². The molecular formula is C50H44N2O. The predicted octanol–water partition coefficient (Wildman–Crippen LogP) is 14.4. The smallest absolute Gasteiger partial charge is 0.159 e. The highest BCUT2D eigenvalue weighted by Gasteiger charge is 2.36. The first-order valence-electron chi connectivity index (χ1n) is 19.5. The molecule has 0 spiro atoms. The number of nitrogens with zero attached hydrogens (tertiary/aromatic N) is 2. The van der Waals surface area contributed by atoms with E-state index in [4.69, 9.17) is 4.42 Å². The zero-order chi connectivity index (χ0) is 35.1. The van der Waals surface area contributed by atoms with Crippen molar-refractivity contribution in [2.24, 2.45) is 17.8 Å². The third kappa shape index (κ3) is 5.95. The van der Waals surface area contributed by atoms with E-state index in [0.29, 0.717) is 0 Å². The minimum atomic E-state index is 0.876. The molecule has 2 fully saturated rings. The van der Waals surface area contributed by atoms with Gasteiger partial charge in [0.2, 0.25) is 0 Å². The van der Waals surface area contributed by atoms with Crippen LogP contribution < -0.4 is 9.80 Å². The molecule has 8 aromatic rings. The van der Waals surface area contributed by atoms with Gasteiger partial charge in [0.05, 0.1) is 11.4 Å². The molecule has 2 aliphatic carbocycles. The van der Waals surface area contributed by atoms with Gasteiger partial charge in [-0.15, -0.1) is 0 Å². The molecule has 0 N–H and O–H groups in total. The Kier molecular flexibility index (Phi) is 8.21. The van der Waals surface area contributed by atoms with Crippen molar-refractivity contribution in [1.82, 2.24) is 0 Å². The molecule has 1 heterocycles. The largest absolute Gasteiger partial charge is 0.454 e. The zero-order valence-electron chi connectivity index (χ0n) is 30.1. The summed E-state index contributed by atoms with van der Waals surface area (Å²) in [6.45, 7) is 0. The van der Waals surface area contributed by atoms with E-state index in [9.17, 15) is 0 Å². The lowest BCUT2D eigenvalue weighted by atomic mass is 9.85. The molecular weight excluding hydrogens is 645 g/mol. The van der Waals surface area contributed by atoms with Crippen LogP contribution in [0.1, 0.15) is 44.1 Å². The van der Waals surface area contributed by atoms with Gasteiger partial charge in [0.25, 0.3) is 0 Å². The second-order valence-electron chi connectivity index (χ2n) is 15.3. The average molecular weight is 689 g/mol. The quantitative estimate of drug-likeness (QED) is 0.150. The minimum Gasteiger partial charge on any atom is -0.454 e. The van der Waals surface area contributed by atoms with Crippen LogP contribution in [0.25, 0.3) is 32.7 Å². The van der Waals surface area contributed by atoms with Gasteiger partial charge in [-0.25, -0.2) is 0 Å². The van der Waals surface area contributed by atoms with Crippen molar-refractivity contribution in [1.29, 1.82) is 0 Å². The minimum absolute atomic E-state index is 0.876. The van der Waals surface area contributed by atoms with Gasteiger partial charge in [-0.1, -0.05) is 122 Å². The Labute approximate surface area is 312 Å². The maximum atomic E-state index is 6.82. The van der Waals surface area contributed by atoms with Crippen LogP contribution in [-0.2, 0) is 6.42 Å². The number of furan rings is 1. The fourth-order valence-corrected chi connectivity index (χ4v) is 9.61. The van der Waals surface area contributed by atoms with Crippen LogP contribution in [0.5, 0.6) is 0 Å². The molecule has 0 saturated heterocycles. The van der Waals surface area contributed by atoms with Gasteiger partial charge in [-0.05, 0) is 115 Å². The van der Waals surface area contributed by atoms with Crippen LogP contribution in [0.4, 0.5) is 34.1 Å². The number of aryl methyl sites for hydroxylation is 1. The number of fused-ring (bicyclic) bond motifs is 6. The van der Waals surface area contributed by atoms with E-state index in [-0.39, 0.29) is 0 Å². The van der Waals surface area contributed by atoms with Crippen molar-refractivity contribution in [3.63, 3.8) is 0 Å². The van der Waals surface area contributed by atoms with E-state index >= 15 is 0 Å². The summed E-state index contributed by atoms with van der Waals surface area (Å²) in [5.74, 6) is 2.86. The molecule has 2 aliphatic rings.